The number of benzene rings is 3. The van der Waals surface area contributed by atoms with Crippen molar-refractivity contribution in [2.45, 2.75) is 36.0 Å². The van der Waals surface area contributed by atoms with E-state index < -0.39 is 63.8 Å². The zero-order chi connectivity index (χ0) is 28.4. The summed E-state index contributed by atoms with van der Waals surface area (Å²) in [6.45, 7) is 5.79. The second kappa shape index (κ2) is 8.91. The van der Waals surface area contributed by atoms with E-state index in [0.29, 0.717) is 0 Å². The number of nitrogen functional groups attached to an aromatic ring is 1. The zero-order valence-corrected chi connectivity index (χ0v) is 22.3. The standard InChI is InChI=1S/C25H24N2O9S2/c1-25(2,3)12-5-6-13(24(28)35-4)16(11-12)19-14-7-9-17(26)22(37(29,30)31)20(14)36-21-15(19)8-10-18(27)23(21)38(32,33)34/h5-11,26H,27H2,1-4H3,(H,29,30,31)(H,32,33,34). The second-order valence-electron chi connectivity index (χ2n) is 9.61. The summed E-state index contributed by atoms with van der Waals surface area (Å²) in [5, 5.41) is 7.52. The topological polar surface area (TPSA) is 198 Å². The van der Waals surface area contributed by atoms with Crippen LogP contribution in [0, 0.1) is 5.41 Å². The summed E-state index contributed by atoms with van der Waals surface area (Å²) >= 11 is 0. The number of esters is 1. The molecule has 0 atom stereocenters. The number of nitrogens with one attached hydrogen (secondary N) is 1. The van der Waals surface area contributed by atoms with Crippen molar-refractivity contribution >= 4 is 42.9 Å². The van der Waals surface area contributed by atoms with Crippen LogP contribution in [0.2, 0.25) is 0 Å². The van der Waals surface area contributed by atoms with Gasteiger partial charge in [0.15, 0.2) is 21.1 Å². The van der Waals surface area contributed by atoms with E-state index in [1.807, 2.05) is 20.8 Å². The number of carbonyl (C=O) groups excluding carboxylic acids is 1. The van der Waals surface area contributed by atoms with Crippen LogP contribution in [0.15, 0.2) is 56.7 Å². The van der Waals surface area contributed by atoms with Crippen LogP contribution in [0.3, 0.4) is 0 Å². The molecule has 0 bridgehead atoms. The summed E-state index contributed by atoms with van der Waals surface area (Å²) in [6.07, 6.45) is 0. The Bertz CT molecular complexity index is 1880. The summed E-state index contributed by atoms with van der Waals surface area (Å²) in [5.74, 6) is -1.31. The number of methoxy groups -OCH3 is 1. The lowest BCUT2D eigenvalue weighted by Crippen LogP contribution is -2.17. The lowest BCUT2D eigenvalue weighted by molar-refractivity contribution is 0.0601. The van der Waals surface area contributed by atoms with E-state index in [-0.39, 0.29) is 27.6 Å². The molecule has 1 aliphatic carbocycles. The molecule has 13 heteroatoms. The van der Waals surface area contributed by atoms with Crippen molar-refractivity contribution in [3.63, 3.8) is 0 Å². The van der Waals surface area contributed by atoms with Crippen molar-refractivity contribution in [3.05, 3.63) is 58.9 Å². The molecule has 0 unspecified atom stereocenters. The molecule has 2 aromatic rings. The van der Waals surface area contributed by atoms with E-state index >= 15 is 0 Å². The quantitative estimate of drug-likeness (QED) is 0.123. The Kier molecular flexibility index (Phi) is 6.39. The smallest absolute Gasteiger partial charge is 0.338 e. The van der Waals surface area contributed by atoms with Gasteiger partial charge in [0.1, 0.15) is 0 Å². The van der Waals surface area contributed by atoms with Crippen molar-refractivity contribution < 1.29 is 39.9 Å². The molecule has 38 heavy (non-hydrogen) atoms. The highest BCUT2D eigenvalue weighted by Crippen LogP contribution is 2.46. The first kappa shape index (κ1) is 27.3. The van der Waals surface area contributed by atoms with Gasteiger partial charge in [0.25, 0.3) is 20.2 Å². The monoisotopic (exact) mass is 560 g/mol. The minimum Gasteiger partial charge on any atom is -0.465 e. The number of nitrogens with two attached hydrogens (primary N) is 1. The molecule has 1 heterocycles. The van der Waals surface area contributed by atoms with Gasteiger partial charge in [-0.2, -0.15) is 16.8 Å². The van der Waals surface area contributed by atoms with E-state index in [2.05, 4.69) is 0 Å². The van der Waals surface area contributed by atoms with Crippen molar-refractivity contribution in [1.82, 2.24) is 0 Å². The largest absolute Gasteiger partial charge is 0.465 e. The van der Waals surface area contributed by atoms with Gasteiger partial charge in [0, 0.05) is 16.5 Å². The Balaban J connectivity index is 2.40. The molecule has 4 rings (SSSR count). The van der Waals surface area contributed by atoms with Gasteiger partial charge in [0.2, 0.25) is 0 Å². The van der Waals surface area contributed by atoms with E-state index in [1.54, 1.807) is 12.1 Å². The molecule has 11 nitrogen and oxygen atoms in total. The number of fused-ring (bicyclic) bond motifs is 2. The molecule has 0 radical (unpaired) electrons. The number of hydrogen-bond donors (Lipinski definition) is 4. The van der Waals surface area contributed by atoms with Gasteiger partial charge in [-0.3, -0.25) is 14.5 Å². The van der Waals surface area contributed by atoms with Gasteiger partial charge in [-0.15, -0.1) is 0 Å². The van der Waals surface area contributed by atoms with Crippen molar-refractivity contribution in [3.8, 4) is 22.5 Å². The Morgan fingerprint density at radius 3 is 2.13 bits per heavy atom. The minimum absolute atomic E-state index is 0.0309. The zero-order valence-electron chi connectivity index (χ0n) is 20.7. The van der Waals surface area contributed by atoms with E-state index in [9.17, 15) is 30.7 Å². The van der Waals surface area contributed by atoms with Crippen LogP contribution >= 0.6 is 0 Å². The summed E-state index contributed by atoms with van der Waals surface area (Å²) < 4.78 is 79.9. The van der Waals surface area contributed by atoms with Crippen LogP contribution in [0.1, 0.15) is 36.7 Å². The fraction of sp³-hybridized carbons (Fsp3) is 0.200. The highest BCUT2D eigenvalue weighted by atomic mass is 32.2. The van der Waals surface area contributed by atoms with Gasteiger partial charge in [-0.25, -0.2) is 4.79 Å². The lowest BCUT2D eigenvalue weighted by atomic mass is 9.82. The molecule has 0 fully saturated rings. The molecular weight excluding hydrogens is 536 g/mol. The SMILES string of the molecule is COC(=O)c1ccc(C(C)(C)C)cc1-c1c2ccc(=N)c(S(=O)(=O)O)c-2oc2c(S(=O)(=O)O)c(N)ccc12. The molecule has 5 N–H and O–H groups in total. The van der Waals surface area contributed by atoms with E-state index in [4.69, 9.17) is 20.3 Å². The third kappa shape index (κ3) is 4.53. The van der Waals surface area contributed by atoms with Crippen molar-refractivity contribution in [2.75, 3.05) is 12.8 Å². The predicted molar refractivity (Wildman–Crippen MR) is 138 cm³/mol. The third-order valence-corrected chi connectivity index (χ3v) is 7.93. The minimum atomic E-state index is -5.06. The highest BCUT2D eigenvalue weighted by Gasteiger charge is 2.32. The van der Waals surface area contributed by atoms with Crippen LogP contribution in [0.25, 0.3) is 33.4 Å². The Morgan fingerprint density at radius 1 is 0.947 bits per heavy atom. The first-order chi connectivity index (χ1) is 17.5. The molecule has 0 spiro atoms. The maximum Gasteiger partial charge on any atom is 0.338 e. The van der Waals surface area contributed by atoms with Crippen molar-refractivity contribution in [1.29, 1.82) is 5.41 Å². The highest BCUT2D eigenvalue weighted by molar-refractivity contribution is 7.86. The molecule has 2 aromatic carbocycles. The summed E-state index contributed by atoms with van der Waals surface area (Å²) in [6, 6.07) is 9.98. The maximum atomic E-state index is 12.8. The Morgan fingerprint density at radius 2 is 1.58 bits per heavy atom. The average molecular weight is 561 g/mol. The summed E-state index contributed by atoms with van der Waals surface area (Å²) in [5.41, 5.74) is 5.71. The normalized spacial score (nSPS) is 12.7. The van der Waals surface area contributed by atoms with Gasteiger partial charge in [-0.05, 0) is 52.9 Å². The second-order valence-corrected chi connectivity index (χ2v) is 12.3. The molecular formula is C25H24N2O9S2. The average Bonchev–Trinajstić information content (AvgIpc) is 2.79. The number of hydrogen-bond acceptors (Lipinski definition) is 9. The van der Waals surface area contributed by atoms with Gasteiger partial charge in [-0.1, -0.05) is 26.8 Å². The summed E-state index contributed by atoms with van der Waals surface area (Å²) in [7, 11) is -8.90. The van der Waals surface area contributed by atoms with E-state index in [0.717, 1.165) is 11.6 Å². The molecule has 0 saturated heterocycles. The van der Waals surface area contributed by atoms with Crippen LogP contribution in [-0.2, 0) is 30.4 Å². The summed E-state index contributed by atoms with van der Waals surface area (Å²) in [4.78, 5) is 11.1. The van der Waals surface area contributed by atoms with Crippen LogP contribution in [0.4, 0.5) is 5.69 Å². The first-order valence-corrected chi connectivity index (χ1v) is 13.9. The fourth-order valence-corrected chi connectivity index (χ4v) is 5.79. The first-order valence-electron chi connectivity index (χ1n) is 11.0. The van der Waals surface area contributed by atoms with Crippen LogP contribution in [-0.4, -0.2) is 39.0 Å². The van der Waals surface area contributed by atoms with Gasteiger partial charge >= 0.3 is 5.97 Å². The molecule has 1 aliphatic heterocycles. The van der Waals surface area contributed by atoms with Crippen LogP contribution in [0.5, 0.6) is 0 Å². The van der Waals surface area contributed by atoms with E-state index in [1.165, 1.54) is 31.4 Å². The number of anilines is 1. The van der Waals surface area contributed by atoms with Crippen molar-refractivity contribution in [2.24, 2.45) is 0 Å². The Labute approximate surface area is 218 Å². The number of rotatable bonds is 4. The maximum absolute atomic E-state index is 12.8. The number of ether oxygens (including phenoxy) is 1. The third-order valence-electron chi connectivity index (χ3n) is 6.07. The molecule has 0 saturated carbocycles. The predicted octanol–water partition coefficient (Wildman–Crippen LogP) is 3.84. The molecule has 2 aliphatic rings. The molecule has 0 amide bonds. The number of carbonyl (C=O) groups is 1. The van der Waals surface area contributed by atoms with Gasteiger partial charge < -0.3 is 14.9 Å². The fourth-order valence-electron chi connectivity index (χ4n) is 4.30. The molecule has 0 aromatic heterocycles. The lowest BCUT2D eigenvalue weighted by Gasteiger charge is -2.23. The molecule has 200 valence electrons. The van der Waals surface area contributed by atoms with Crippen LogP contribution < -0.4 is 11.1 Å². The van der Waals surface area contributed by atoms with Gasteiger partial charge in [0.05, 0.1) is 23.7 Å². The Hall–Kier alpha value is -3.78.